The molecular weight excluding hydrogens is 346 g/mol. The van der Waals surface area contributed by atoms with Gasteiger partial charge in [0.1, 0.15) is 0 Å². The summed E-state index contributed by atoms with van der Waals surface area (Å²) in [7, 11) is 1.35. The molecule has 0 N–H and O–H groups in total. The molecule has 1 unspecified atom stereocenters. The van der Waals surface area contributed by atoms with Crippen molar-refractivity contribution in [2.75, 3.05) is 7.11 Å². The molecule has 2 aromatic rings. The molecule has 5 heteroatoms. The van der Waals surface area contributed by atoms with Crippen LogP contribution < -0.4 is 0 Å². The summed E-state index contributed by atoms with van der Waals surface area (Å²) in [6.45, 7) is 1.95. The molecule has 2 heterocycles. The molecule has 134 valence electrons. The summed E-state index contributed by atoms with van der Waals surface area (Å²) >= 11 is 1.63. The van der Waals surface area contributed by atoms with Gasteiger partial charge in [-0.15, -0.1) is 11.8 Å². The number of ether oxygens (including phenoxy) is 1. The van der Waals surface area contributed by atoms with Crippen molar-refractivity contribution in [1.29, 1.82) is 0 Å². The van der Waals surface area contributed by atoms with Crippen LogP contribution in [0.15, 0.2) is 72.4 Å². The van der Waals surface area contributed by atoms with Crippen LogP contribution in [0, 0.1) is 0 Å². The molecule has 0 saturated carbocycles. The molecule has 0 radical (unpaired) electrons. The third-order valence-electron chi connectivity index (χ3n) is 4.33. The molecule has 2 aliphatic rings. The standard InChI is InChI=1S/C12H10.C9H11NO3S/c1-3-7-11(8-4-1)12-9-5-2-6-10-12;1-5-6(9(12)13-2)4-10-7(11)3-8(10)14-5/h1-10H;4-5,8H,3H2,1-2H3/t;5?,8-/m.1/s1. The van der Waals surface area contributed by atoms with E-state index in [9.17, 15) is 9.59 Å². The lowest BCUT2D eigenvalue weighted by Crippen LogP contribution is -2.50. The number of rotatable bonds is 2. The Morgan fingerprint density at radius 1 is 1.04 bits per heavy atom. The number of methoxy groups -OCH3 is 1. The maximum atomic E-state index is 11.3. The van der Waals surface area contributed by atoms with Crippen LogP contribution in [-0.4, -0.2) is 34.5 Å². The number of carbonyl (C=O) groups excluding carboxylic acids is 2. The first-order chi connectivity index (χ1) is 12.6. The highest BCUT2D eigenvalue weighted by Gasteiger charge is 2.41. The molecule has 0 bridgehead atoms. The Bertz CT molecular complexity index is 767. The van der Waals surface area contributed by atoms with Crippen LogP contribution >= 0.6 is 11.8 Å². The molecular formula is C21H21NO3S. The molecule has 1 saturated heterocycles. The number of nitrogens with zero attached hydrogens (tertiary/aromatic N) is 1. The highest BCUT2D eigenvalue weighted by Crippen LogP contribution is 2.40. The highest BCUT2D eigenvalue weighted by molar-refractivity contribution is 8.00. The maximum Gasteiger partial charge on any atom is 0.336 e. The maximum absolute atomic E-state index is 11.3. The fourth-order valence-electron chi connectivity index (χ4n) is 2.83. The Hall–Kier alpha value is -2.53. The van der Waals surface area contributed by atoms with E-state index < -0.39 is 0 Å². The smallest absolute Gasteiger partial charge is 0.336 e. The van der Waals surface area contributed by atoms with Crippen molar-refractivity contribution in [3.05, 3.63) is 72.4 Å². The molecule has 0 aliphatic carbocycles. The molecule has 0 spiro atoms. The Kier molecular flexibility index (Phi) is 5.78. The minimum Gasteiger partial charge on any atom is -0.466 e. The lowest BCUT2D eigenvalue weighted by Gasteiger charge is -2.42. The van der Waals surface area contributed by atoms with E-state index in [0.29, 0.717) is 12.0 Å². The quantitative estimate of drug-likeness (QED) is 0.592. The van der Waals surface area contributed by atoms with Crippen LogP contribution in [0.5, 0.6) is 0 Å². The topological polar surface area (TPSA) is 46.6 Å². The van der Waals surface area contributed by atoms with Gasteiger partial charge in [-0.3, -0.25) is 4.79 Å². The van der Waals surface area contributed by atoms with Gasteiger partial charge < -0.3 is 9.64 Å². The highest BCUT2D eigenvalue weighted by atomic mass is 32.2. The Morgan fingerprint density at radius 2 is 1.58 bits per heavy atom. The van der Waals surface area contributed by atoms with E-state index in [-0.39, 0.29) is 22.5 Å². The molecule has 1 fully saturated rings. The Labute approximate surface area is 157 Å². The first kappa shape index (κ1) is 18.3. The van der Waals surface area contributed by atoms with Crippen molar-refractivity contribution >= 4 is 23.6 Å². The molecule has 2 aromatic carbocycles. The van der Waals surface area contributed by atoms with Crippen LogP contribution in [0.2, 0.25) is 0 Å². The second-order valence-electron chi connectivity index (χ2n) is 6.05. The summed E-state index contributed by atoms with van der Waals surface area (Å²) < 4.78 is 4.64. The zero-order valence-electron chi connectivity index (χ0n) is 14.8. The summed E-state index contributed by atoms with van der Waals surface area (Å²) in [6, 6.07) is 20.8. The number of thioether (sulfide) groups is 1. The van der Waals surface area contributed by atoms with Gasteiger partial charge in [-0.2, -0.15) is 0 Å². The van der Waals surface area contributed by atoms with Gasteiger partial charge in [-0.25, -0.2) is 4.79 Å². The number of esters is 1. The van der Waals surface area contributed by atoms with E-state index in [1.807, 2.05) is 19.1 Å². The van der Waals surface area contributed by atoms with Gasteiger partial charge in [0.25, 0.3) is 0 Å². The van der Waals surface area contributed by atoms with Gasteiger partial charge in [-0.1, -0.05) is 60.7 Å². The lowest BCUT2D eigenvalue weighted by atomic mass is 10.1. The van der Waals surface area contributed by atoms with Crippen molar-refractivity contribution in [1.82, 2.24) is 4.90 Å². The Balaban J connectivity index is 0.000000152. The predicted octanol–water partition coefficient (Wildman–Crippen LogP) is 4.09. The summed E-state index contributed by atoms with van der Waals surface area (Å²) in [5, 5.41) is 0.336. The zero-order valence-corrected chi connectivity index (χ0v) is 15.6. The van der Waals surface area contributed by atoms with Crippen LogP contribution in [0.3, 0.4) is 0 Å². The molecule has 4 rings (SSSR count). The summed E-state index contributed by atoms with van der Waals surface area (Å²) in [4.78, 5) is 24.1. The number of β-lactam (4-membered cyclic amide) rings is 1. The van der Waals surface area contributed by atoms with E-state index in [2.05, 4.69) is 53.3 Å². The minimum atomic E-state index is -0.344. The van der Waals surface area contributed by atoms with Gasteiger partial charge in [0, 0.05) is 11.4 Å². The largest absolute Gasteiger partial charge is 0.466 e. The van der Waals surface area contributed by atoms with E-state index >= 15 is 0 Å². The van der Waals surface area contributed by atoms with E-state index in [1.54, 1.807) is 22.9 Å². The zero-order chi connectivity index (χ0) is 18.5. The molecule has 2 atom stereocenters. The van der Waals surface area contributed by atoms with Crippen molar-refractivity contribution in [3.63, 3.8) is 0 Å². The number of carbonyl (C=O) groups is 2. The third kappa shape index (κ3) is 3.99. The monoisotopic (exact) mass is 367 g/mol. The molecule has 0 aromatic heterocycles. The summed E-state index contributed by atoms with van der Waals surface area (Å²) in [6.07, 6.45) is 2.21. The van der Waals surface area contributed by atoms with Crippen LogP contribution in [-0.2, 0) is 14.3 Å². The minimum absolute atomic E-state index is 0.0794. The molecule has 26 heavy (non-hydrogen) atoms. The number of amides is 1. The average Bonchev–Trinajstić information content (AvgIpc) is 2.69. The second kappa shape index (κ2) is 8.23. The van der Waals surface area contributed by atoms with E-state index in [0.717, 1.165) is 0 Å². The van der Waals surface area contributed by atoms with Crippen LogP contribution in [0.25, 0.3) is 11.1 Å². The predicted molar refractivity (Wildman–Crippen MR) is 104 cm³/mol. The van der Waals surface area contributed by atoms with Crippen LogP contribution in [0.4, 0.5) is 0 Å². The second-order valence-corrected chi connectivity index (χ2v) is 7.57. The van der Waals surface area contributed by atoms with E-state index in [1.165, 1.54) is 18.2 Å². The van der Waals surface area contributed by atoms with Gasteiger partial charge >= 0.3 is 5.97 Å². The SMILES string of the molecule is COC(=O)C1=CN2C(=O)C[C@H]2SC1C.c1ccc(-c2ccccc2)cc1. The number of fused-ring (bicyclic) bond motifs is 1. The van der Waals surface area contributed by atoms with Gasteiger partial charge in [0.15, 0.2) is 0 Å². The average molecular weight is 367 g/mol. The van der Waals surface area contributed by atoms with E-state index in [4.69, 9.17) is 0 Å². The molecule has 2 aliphatic heterocycles. The molecule has 4 nitrogen and oxygen atoms in total. The molecule has 1 amide bonds. The van der Waals surface area contributed by atoms with Gasteiger partial charge in [-0.05, 0) is 18.1 Å². The van der Waals surface area contributed by atoms with Crippen molar-refractivity contribution < 1.29 is 14.3 Å². The third-order valence-corrected chi connectivity index (χ3v) is 5.70. The first-order valence-corrected chi connectivity index (χ1v) is 9.41. The van der Waals surface area contributed by atoms with Crippen molar-refractivity contribution in [2.45, 2.75) is 24.0 Å². The number of hydrogen-bond acceptors (Lipinski definition) is 4. The number of hydrogen-bond donors (Lipinski definition) is 0. The normalized spacial score (nSPS) is 20.8. The number of benzene rings is 2. The first-order valence-electron chi connectivity index (χ1n) is 8.47. The van der Waals surface area contributed by atoms with Crippen molar-refractivity contribution in [3.8, 4) is 11.1 Å². The lowest BCUT2D eigenvalue weighted by molar-refractivity contribution is -0.138. The fourth-order valence-corrected chi connectivity index (χ4v) is 4.15. The summed E-state index contributed by atoms with van der Waals surface area (Å²) in [5.41, 5.74) is 3.12. The van der Waals surface area contributed by atoms with Gasteiger partial charge in [0.05, 0.1) is 24.5 Å². The summed E-state index contributed by atoms with van der Waals surface area (Å²) in [5.74, 6) is -0.265. The fraction of sp³-hybridized carbons (Fsp3) is 0.238. The Morgan fingerprint density at radius 3 is 2.04 bits per heavy atom. The van der Waals surface area contributed by atoms with Crippen molar-refractivity contribution in [2.24, 2.45) is 0 Å². The van der Waals surface area contributed by atoms with Gasteiger partial charge in [0.2, 0.25) is 5.91 Å². The van der Waals surface area contributed by atoms with Crippen LogP contribution in [0.1, 0.15) is 13.3 Å².